The molecular weight excluding hydrogens is 168 g/mol. The lowest BCUT2D eigenvalue weighted by Gasteiger charge is -2.18. The minimum absolute atomic E-state index is 0.0704. The molecule has 0 aromatic carbocycles. The van der Waals surface area contributed by atoms with Gasteiger partial charge in [-0.1, -0.05) is 0 Å². The van der Waals surface area contributed by atoms with Crippen molar-refractivity contribution in [1.29, 1.82) is 0 Å². The van der Waals surface area contributed by atoms with Crippen molar-refractivity contribution >= 4 is 12.6 Å². The molecule has 0 N–H and O–H groups in total. The lowest BCUT2D eigenvalue weighted by atomic mass is 10.1. The SMILES string of the molecule is CC(S)c1ccn(C(C)(C)C)n1. The minimum Gasteiger partial charge on any atom is -0.267 e. The molecule has 0 radical (unpaired) electrons. The summed E-state index contributed by atoms with van der Waals surface area (Å²) in [5.74, 6) is 0. The fourth-order valence-corrected chi connectivity index (χ4v) is 1.07. The topological polar surface area (TPSA) is 17.8 Å². The Balaban J connectivity index is 2.92. The first-order valence-corrected chi connectivity index (χ1v) is 4.67. The fraction of sp³-hybridized carbons (Fsp3) is 0.667. The molecule has 12 heavy (non-hydrogen) atoms. The van der Waals surface area contributed by atoms with Crippen LogP contribution in [0.2, 0.25) is 0 Å². The number of aromatic nitrogens is 2. The Bertz CT molecular complexity index is 258. The van der Waals surface area contributed by atoms with Crippen molar-refractivity contribution in [3.8, 4) is 0 Å². The second-order valence-electron chi connectivity index (χ2n) is 4.03. The Morgan fingerprint density at radius 2 is 2.08 bits per heavy atom. The Labute approximate surface area is 79.4 Å². The standard InChI is InChI=1S/C9H16N2S/c1-7(12)8-5-6-11(10-8)9(2,3)4/h5-7,12H,1-4H3. The third-order valence-corrected chi connectivity index (χ3v) is 1.99. The van der Waals surface area contributed by atoms with Crippen LogP contribution in [0.1, 0.15) is 38.6 Å². The van der Waals surface area contributed by atoms with Crippen molar-refractivity contribution in [1.82, 2.24) is 9.78 Å². The average molecular weight is 184 g/mol. The molecule has 1 aromatic rings. The summed E-state index contributed by atoms with van der Waals surface area (Å²) in [4.78, 5) is 0. The summed E-state index contributed by atoms with van der Waals surface area (Å²) >= 11 is 4.32. The van der Waals surface area contributed by atoms with E-state index < -0.39 is 0 Å². The Morgan fingerprint density at radius 3 is 2.33 bits per heavy atom. The number of rotatable bonds is 1. The molecule has 2 nitrogen and oxygen atoms in total. The molecule has 1 rings (SSSR count). The molecule has 0 spiro atoms. The van der Waals surface area contributed by atoms with Gasteiger partial charge in [-0.05, 0) is 33.8 Å². The van der Waals surface area contributed by atoms with Crippen LogP contribution >= 0.6 is 12.6 Å². The van der Waals surface area contributed by atoms with Crippen LogP contribution in [-0.2, 0) is 5.54 Å². The van der Waals surface area contributed by atoms with E-state index in [1.54, 1.807) is 0 Å². The normalized spacial score (nSPS) is 14.8. The largest absolute Gasteiger partial charge is 0.267 e. The van der Waals surface area contributed by atoms with Crippen LogP contribution in [0.15, 0.2) is 12.3 Å². The van der Waals surface area contributed by atoms with E-state index in [9.17, 15) is 0 Å². The highest BCUT2D eigenvalue weighted by atomic mass is 32.1. The number of nitrogens with zero attached hydrogens (tertiary/aromatic N) is 2. The molecule has 0 saturated heterocycles. The molecule has 3 heteroatoms. The first-order chi connectivity index (χ1) is 5.41. The Kier molecular flexibility index (Phi) is 2.52. The number of thiol groups is 1. The van der Waals surface area contributed by atoms with Gasteiger partial charge < -0.3 is 0 Å². The lowest BCUT2D eigenvalue weighted by Crippen LogP contribution is -2.22. The Morgan fingerprint density at radius 1 is 1.50 bits per heavy atom. The smallest absolute Gasteiger partial charge is 0.0749 e. The van der Waals surface area contributed by atoms with Crippen LogP contribution in [0.4, 0.5) is 0 Å². The zero-order chi connectivity index (χ0) is 9.35. The van der Waals surface area contributed by atoms with Crippen molar-refractivity contribution in [2.45, 2.75) is 38.5 Å². The van der Waals surface area contributed by atoms with Crippen molar-refractivity contribution in [3.63, 3.8) is 0 Å². The van der Waals surface area contributed by atoms with Crippen LogP contribution in [0.3, 0.4) is 0 Å². The molecule has 0 aliphatic carbocycles. The average Bonchev–Trinajstić information content (AvgIpc) is 2.30. The highest BCUT2D eigenvalue weighted by molar-refractivity contribution is 7.80. The number of hydrogen-bond donors (Lipinski definition) is 1. The molecule has 1 unspecified atom stereocenters. The van der Waals surface area contributed by atoms with E-state index >= 15 is 0 Å². The van der Waals surface area contributed by atoms with Crippen LogP contribution in [0.5, 0.6) is 0 Å². The van der Waals surface area contributed by atoms with Gasteiger partial charge in [-0.2, -0.15) is 17.7 Å². The maximum Gasteiger partial charge on any atom is 0.0749 e. The van der Waals surface area contributed by atoms with Gasteiger partial charge in [0.15, 0.2) is 0 Å². The molecule has 1 heterocycles. The predicted molar refractivity (Wildman–Crippen MR) is 54.6 cm³/mol. The van der Waals surface area contributed by atoms with Gasteiger partial charge in [0, 0.05) is 11.4 Å². The van der Waals surface area contributed by atoms with E-state index in [-0.39, 0.29) is 10.8 Å². The minimum atomic E-state index is 0.0704. The molecule has 0 fully saturated rings. The summed E-state index contributed by atoms with van der Waals surface area (Å²) in [7, 11) is 0. The highest BCUT2D eigenvalue weighted by Gasteiger charge is 2.14. The molecule has 0 amide bonds. The van der Waals surface area contributed by atoms with E-state index in [0.717, 1.165) is 5.69 Å². The van der Waals surface area contributed by atoms with Gasteiger partial charge in [-0.3, -0.25) is 4.68 Å². The molecule has 68 valence electrons. The summed E-state index contributed by atoms with van der Waals surface area (Å²) < 4.78 is 1.97. The molecule has 0 aliphatic rings. The summed E-state index contributed by atoms with van der Waals surface area (Å²) in [6, 6.07) is 2.02. The second kappa shape index (κ2) is 3.13. The molecular formula is C9H16N2S. The molecule has 0 saturated carbocycles. The summed E-state index contributed by atoms with van der Waals surface area (Å²) in [6.45, 7) is 8.42. The van der Waals surface area contributed by atoms with Crippen LogP contribution in [0, 0.1) is 0 Å². The second-order valence-corrected chi connectivity index (χ2v) is 4.81. The van der Waals surface area contributed by atoms with Gasteiger partial charge >= 0.3 is 0 Å². The van der Waals surface area contributed by atoms with E-state index in [4.69, 9.17) is 0 Å². The van der Waals surface area contributed by atoms with Crippen LogP contribution in [0.25, 0.3) is 0 Å². The van der Waals surface area contributed by atoms with Crippen molar-refractivity contribution < 1.29 is 0 Å². The zero-order valence-corrected chi connectivity index (χ0v) is 8.97. The van der Waals surface area contributed by atoms with E-state index in [1.807, 2.05) is 23.9 Å². The fourth-order valence-electron chi connectivity index (χ4n) is 0.934. The lowest BCUT2D eigenvalue weighted by molar-refractivity contribution is 0.353. The van der Waals surface area contributed by atoms with Crippen LogP contribution < -0.4 is 0 Å². The quantitative estimate of drug-likeness (QED) is 0.664. The van der Waals surface area contributed by atoms with Crippen molar-refractivity contribution in [2.24, 2.45) is 0 Å². The van der Waals surface area contributed by atoms with Gasteiger partial charge in [0.25, 0.3) is 0 Å². The van der Waals surface area contributed by atoms with Gasteiger partial charge in [0.1, 0.15) is 0 Å². The van der Waals surface area contributed by atoms with E-state index in [1.165, 1.54) is 0 Å². The van der Waals surface area contributed by atoms with Gasteiger partial charge in [-0.25, -0.2) is 0 Å². The first-order valence-electron chi connectivity index (χ1n) is 4.15. The zero-order valence-electron chi connectivity index (χ0n) is 8.07. The third-order valence-electron chi connectivity index (χ3n) is 1.73. The summed E-state index contributed by atoms with van der Waals surface area (Å²) in [6.07, 6.45) is 2.00. The maximum absolute atomic E-state index is 4.42. The molecule has 0 bridgehead atoms. The predicted octanol–water partition coefficient (Wildman–Crippen LogP) is 2.63. The molecule has 0 aliphatic heterocycles. The highest BCUT2D eigenvalue weighted by Crippen LogP contribution is 2.19. The maximum atomic E-state index is 4.42. The van der Waals surface area contributed by atoms with Crippen LogP contribution in [-0.4, -0.2) is 9.78 Å². The van der Waals surface area contributed by atoms with Crippen molar-refractivity contribution in [2.75, 3.05) is 0 Å². The Hall–Kier alpha value is -0.440. The third kappa shape index (κ3) is 2.03. The monoisotopic (exact) mass is 184 g/mol. The number of hydrogen-bond acceptors (Lipinski definition) is 2. The van der Waals surface area contributed by atoms with Gasteiger partial charge in [0.05, 0.1) is 11.2 Å². The van der Waals surface area contributed by atoms with Crippen molar-refractivity contribution in [3.05, 3.63) is 18.0 Å². The molecule has 1 aromatic heterocycles. The summed E-state index contributed by atoms with van der Waals surface area (Å²) in [5, 5.41) is 4.64. The van der Waals surface area contributed by atoms with E-state index in [2.05, 4.69) is 38.5 Å². The van der Waals surface area contributed by atoms with Gasteiger partial charge in [0.2, 0.25) is 0 Å². The van der Waals surface area contributed by atoms with E-state index in [0.29, 0.717) is 0 Å². The summed E-state index contributed by atoms with van der Waals surface area (Å²) in [5.41, 5.74) is 1.11. The molecule has 1 atom stereocenters. The first kappa shape index (κ1) is 9.65. The van der Waals surface area contributed by atoms with Gasteiger partial charge in [-0.15, -0.1) is 0 Å².